The van der Waals surface area contributed by atoms with Crippen LogP contribution in [-0.4, -0.2) is 24.5 Å². The summed E-state index contributed by atoms with van der Waals surface area (Å²) in [6.45, 7) is 3.91. The summed E-state index contributed by atoms with van der Waals surface area (Å²) in [5.74, 6) is -0.122. The minimum absolute atomic E-state index is 0.102. The maximum absolute atomic E-state index is 11.9. The molecule has 0 aromatic heterocycles. The van der Waals surface area contributed by atoms with Crippen LogP contribution in [0.15, 0.2) is 24.3 Å². The lowest BCUT2D eigenvalue weighted by Gasteiger charge is -2.14. The van der Waals surface area contributed by atoms with Crippen molar-refractivity contribution >= 4 is 11.8 Å². The number of hydrogen-bond donors (Lipinski definition) is 2. The van der Waals surface area contributed by atoms with Crippen molar-refractivity contribution in [2.24, 2.45) is 5.73 Å². The third kappa shape index (κ3) is 4.99. The normalized spacial score (nSPS) is 10.3. The number of nitrogens with one attached hydrogen (secondary N) is 1. The van der Waals surface area contributed by atoms with E-state index in [9.17, 15) is 9.59 Å². The zero-order valence-corrected chi connectivity index (χ0v) is 11.3. The van der Waals surface area contributed by atoms with E-state index in [0.29, 0.717) is 11.3 Å². The highest BCUT2D eigenvalue weighted by atomic mass is 16.5. The van der Waals surface area contributed by atoms with E-state index in [1.54, 1.807) is 24.3 Å². The zero-order chi connectivity index (χ0) is 14.3. The van der Waals surface area contributed by atoms with Crippen LogP contribution in [0.2, 0.25) is 0 Å². The van der Waals surface area contributed by atoms with Crippen molar-refractivity contribution in [3.63, 3.8) is 0 Å². The van der Waals surface area contributed by atoms with Crippen molar-refractivity contribution in [2.45, 2.75) is 32.7 Å². The number of rotatable bonds is 7. The predicted molar refractivity (Wildman–Crippen MR) is 73.0 cm³/mol. The van der Waals surface area contributed by atoms with E-state index in [-0.39, 0.29) is 18.6 Å². The lowest BCUT2D eigenvalue weighted by molar-refractivity contribution is -0.119. The van der Waals surface area contributed by atoms with Gasteiger partial charge in [0.2, 0.25) is 0 Å². The maximum atomic E-state index is 11.9. The summed E-state index contributed by atoms with van der Waals surface area (Å²) in [7, 11) is 0. The first-order valence-corrected chi connectivity index (χ1v) is 6.38. The molecule has 19 heavy (non-hydrogen) atoms. The number of nitrogens with two attached hydrogens (primary N) is 1. The number of benzene rings is 1. The SMILES string of the molecule is CCC(CC)NC(=O)c1ccc(OCC(N)=O)cc1. The molecule has 1 aromatic rings. The van der Waals surface area contributed by atoms with Crippen LogP contribution in [0.4, 0.5) is 0 Å². The Balaban J connectivity index is 2.60. The molecule has 0 aliphatic heterocycles. The predicted octanol–water partition coefficient (Wildman–Crippen LogP) is 1.47. The van der Waals surface area contributed by atoms with Gasteiger partial charge in [-0.1, -0.05) is 13.8 Å². The second-order valence-electron chi connectivity index (χ2n) is 4.27. The topological polar surface area (TPSA) is 81.4 Å². The molecule has 0 bridgehead atoms. The molecule has 0 fully saturated rings. The largest absolute Gasteiger partial charge is 0.484 e. The van der Waals surface area contributed by atoms with Crippen molar-refractivity contribution < 1.29 is 14.3 Å². The Morgan fingerprint density at radius 2 is 1.79 bits per heavy atom. The number of primary amides is 1. The van der Waals surface area contributed by atoms with Gasteiger partial charge in [-0.3, -0.25) is 9.59 Å². The fraction of sp³-hybridized carbons (Fsp3) is 0.429. The van der Waals surface area contributed by atoms with Gasteiger partial charge < -0.3 is 15.8 Å². The number of amides is 2. The Kier molecular flexibility index (Phi) is 5.85. The molecular weight excluding hydrogens is 244 g/mol. The molecule has 0 saturated carbocycles. The molecule has 1 aromatic carbocycles. The summed E-state index contributed by atoms with van der Waals surface area (Å²) in [5.41, 5.74) is 5.54. The van der Waals surface area contributed by atoms with Crippen LogP contribution in [0.5, 0.6) is 5.75 Å². The van der Waals surface area contributed by atoms with Gasteiger partial charge >= 0.3 is 0 Å². The maximum Gasteiger partial charge on any atom is 0.255 e. The summed E-state index contributed by atoms with van der Waals surface area (Å²) < 4.78 is 5.12. The smallest absolute Gasteiger partial charge is 0.255 e. The lowest BCUT2D eigenvalue weighted by atomic mass is 10.1. The van der Waals surface area contributed by atoms with E-state index in [2.05, 4.69) is 5.32 Å². The number of carbonyl (C=O) groups is 2. The molecule has 1 rings (SSSR count). The van der Waals surface area contributed by atoms with E-state index < -0.39 is 5.91 Å². The van der Waals surface area contributed by atoms with E-state index in [0.717, 1.165) is 12.8 Å². The van der Waals surface area contributed by atoms with Gasteiger partial charge in [-0.2, -0.15) is 0 Å². The fourth-order valence-electron chi connectivity index (χ4n) is 1.62. The highest BCUT2D eigenvalue weighted by Crippen LogP contribution is 2.12. The third-order valence-electron chi connectivity index (χ3n) is 2.82. The van der Waals surface area contributed by atoms with E-state index in [4.69, 9.17) is 10.5 Å². The van der Waals surface area contributed by atoms with Crippen LogP contribution in [-0.2, 0) is 4.79 Å². The molecule has 0 unspecified atom stereocenters. The van der Waals surface area contributed by atoms with E-state index >= 15 is 0 Å². The molecular formula is C14H20N2O3. The molecule has 2 amide bonds. The monoisotopic (exact) mass is 264 g/mol. The molecule has 5 nitrogen and oxygen atoms in total. The molecule has 0 saturated heterocycles. The van der Waals surface area contributed by atoms with Crippen molar-refractivity contribution in [2.75, 3.05) is 6.61 Å². The van der Waals surface area contributed by atoms with Crippen LogP contribution in [0.1, 0.15) is 37.0 Å². The summed E-state index contributed by atoms with van der Waals surface area (Å²) in [6, 6.07) is 6.80. The Bertz CT molecular complexity index is 425. The highest BCUT2D eigenvalue weighted by Gasteiger charge is 2.10. The summed E-state index contributed by atoms with van der Waals surface area (Å²) >= 11 is 0. The van der Waals surface area contributed by atoms with Gasteiger partial charge in [0.1, 0.15) is 5.75 Å². The van der Waals surface area contributed by atoms with Gasteiger partial charge in [0.25, 0.3) is 11.8 Å². The summed E-state index contributed by atoms with van der Waals surface area (Å²) in [4.78, 5) is 22.5. The molecule has 0 aliphatic carbocycles. The number of hydrogen-bond acceptors (Lipinski definition) is 3. The summed E-state index contributed by atoms with van der Waals surface area (Å²) in [6.07, 6.45) is 1.81. The van der Waals surface area contributed by atoms with Crippen molar-refractivity contribution in [1.29, 1.82) is 0 Å². The Morgan fingerprint density at radius 3 is 2.26 bits per heavy atom. The Morgan fingerprint density at radius 1 is 1.21 bits per heavy atom. The van der Waals surface area contributed by atoms with Crippen LogP contribution in [0.3, 0.4) is 0 Å². The Hall–Kier alpha value is -2.04. The second-order valence-corrected chi connectivity index (χ2v) is 4.27. The molecule has 0 radical (unpaired) electrons. The Labute approximate surface area is 113 Å². The molecule has 5 heteroatoms. The van der Waals surface area contributed by atoms with Gasteiger partial charge in [-0.05, 0) is 37.1 Å². The van der Waals surface area contributed by atoms with E-state index in [1.165, 1.54) is 0 Å². The first kappa shape index (κ1) is 15.0. The second kappa shape index (κ2) is 7.41. The molecule has 3 N–H and O–H groups in total. The third-order valence-corrected chi connectivity index (χ3v) is 2.82. The highest BCUT2D eigenvalue weighted by molar-refractivity contribution is 5.94. The van der Waals surface area contributed by atoms with Gasteiger partial charge in [-0.15, -0.1) is 0 Å². The van der Waals surface area contributed by atoms with Crippen LogP contribution in [0.25, 0.3) is 0 Å². The van der Waals surface area contributed by atoms with Crippen LogP contribution < -0.4 is 15.8 Å². The number of ether oxygens (including phenoxy) is 1. The average Bonchev–Trinajstić information content (AvgIpc) is 2.42. The quantitative estimate of drug-likeness (QED) is 0.782. The van der Waals surface area contributed by atoms with Crippen molar-refractivity contribution in [3.05, 3.63) is 29.8 Å². The van der Waals surface area contributed by atoms with Crippen molar-refractivity contribution in [1.82, 2.24) is 5.32 Å². The minimum Gasteiger partial charge on any atom is -0.484 e. The van der Waals surface area contributed by atoms with Gasteiger partial charge in [0.05, 0.1) is 0 Å². The molecule has 0 spiro atoms. The average molecular weight is 264 g/mol. The van der Waals surface area contributed by atoms with E-state index in [1.807, 2.05) is 13.8 Å². The molecule has 104 valence electrons. The standard InChI is InChI=1S/C14H20N2O3/c1-3-11(4-2)16-14(18)10-5-7-12(8-6-10)19-9-13(15)17/h5-8,11H,3-4,9H2,1-2H3,(H2,15,17)(H,16,18). The van der Waals surface area contributed by atoms with Gasteiger partial charge in [0.15, 0.2) is 6.61 Å². The van der Waals surface area contributed by atoms with Crippen molar-refractivity contribution in [3.8, 4) is 5.75 Å². The first-order valence-electron chi connectivity index (χ1n) is 6.38. The lowest BCUT2D eigenvalue weighted by Crippen LogP contribution is -2.33. The molecule has 0 atom stereocenters. The molecule has 0 heterocycles. The first-order chi connectivity index (χ1) is 9.06. The summed E-state index contributed by atoms with van der Waals surface area (Å²) in [5, 5.41) is 2.95. The van der Waals surface area contributed by atoms with Crippen LogP contribution in [0, 0.1) is 0 Å². The minimum atomic E-state index is -0.532. The van der Waals surface area contributed by atoms with Gasteiger partial charge in [-0.25, -0.2) is 0 Å². The fourth-order valence-corrected chi connectivity index (χ4v) is 1.62. The van der Waals surface area contributed by atoms with Gasteiger partial charge in [0, 0.05) is 11.6 Å². The molecule has 0 aliphatic rings. The number of carbonyl (C=O) groups excluding carboxylic acids is 2. The zero-order valence-electron chi connectivity index (χ0n) is 11.3. The van der Waals surface area contributed by atoms with Crippen LogP contribution >= 0.6 is 0 Å².